The maximum Gasteiger partial charge on any atom is 0.258 e. The molecule has 2 rings (SSSR count). The molecular weight excluding hydrogens is 308 g/mol. The van der Waals surface area contributed by atoms with Gasteiger partial charge < -0.3 is 9.64 Å². The van der Waals surface area contributed by atoms with Gasteiger partial charge in [0.05, 0.1) is 22.7 Å². The summed E-state index contributed by atoms with van der Waals surface area (Å²) in [5.41, 5.74) is -0.260. The molecule has 3 nitrogen and oxygen atoms in total. The average Bonchev–Trinajstić information content (AvgIpc) is 2.34. The first-order valence-electron chi connectivity index (χ1n) is 5.55. The summed E-state index contributed by atoms with van der Waals surface area (Å²) >= 11 is 2.92. The number of morpholine rings is 1. The third-order valence-corrected chi connectivity index (χ3v) is 3.56. The predicted octanol–water partition coefficient (Wildman–Crippen LogP) is 2.59. The van der Waals surface area contributed by atoms with E-state index in [1.165, 1.54) is 4.90 Å². The van der Waals surface area contributed by atoms with Crippen LogP contribution >= 0.6 is 15.9 Å². The van der Waals surface area contributed by atoms with Gasteiger partial charge in [-0.1, -0.05) is 0 Å². The highest BCUT2D eigenvalue weighted by atomic mass is 79.9. The van der Waals surface area contributed by atoms with E-state index in [0.717, 1.165) is 12.1 Å². The van der Waals surface area contributed by atoms with E-state index in [2.05, 4.69) is 15.9 Å². The van der Waals surface area contributed by atoms with Gasteiger partial charge in [0.15, 0.2) is 0 Å². The van der Waals surface area contributed by atoms with Gasteiger partial charge in [0, 0.05) is 13.1 Å². The highest BCUT2D eigenvalue weighted by molar-refractivity contribution is 9.10. The van der Waals surface area contributed by atoms with Crippen molar-refractivity contribution in [1.82, 2.24) is 4.90 Å². The number of amides is 1. The van der Waals surface area contributed by atoms with E-state index in [9.17, 15) is 13.6 Å². The predicted molar refractivity (Wildman–Crippen MR) is 65.4 cm³/mol. The third kappa shape index (κ3) is 2.54. The Balaban J connectivity index is 2.31. The molecule has 0 aromatic heterocycles. The zero-order chi connectivity index (χ0) is 13.3. The van der Waals surface area contributed by atoms with E-state index in [4.69, 9.17) is 4.74 Å². The highest BCUT2D eigenvalue weighted by Crippen LogP contribution is 2.25. The van der Waals surface area contributed by atoms with Crippen LogP contribution in [0.25, 0.3) is 0 Å². The van der Waals surface area contributed by atoms with Crippen molar-refractivity contribution in [1.29, 1.82) is 0 Å². The number of rotatable bonds is 1. The number of hydrogen-bond acceptors (Lipinski definition) is 2. The first-order valence-corrected chi connectivity index (χ1v) is 6.34. The lowest BCUT2D eigenvalue weighted by Crippen LogP contribution is -2.44. The largest absolute Gasteiger partial charge is 0.375 e. The molecule has 1 amide bonds. The lowest BCUT2D eigenvalue weighted by molar-refractivity contribution is -0.0126. The molecule has 0 saturated carbocycles. The van der Waals surface area contributed by atoms with Crippen molar-refractivity contribution in [2.24, 2.45) is 0 Å². The van der Waals surface area contributed by atoms with Crippen LogP contribution < -0.4 is 0 Å². The Morgan fingerprint density at radius 1 is 1.44 bits per heavy atom. The van der Waals surface area contributed by atoms with Gasteiger partial charge in [-0.2, -0.15) is 0 Å². The van der Waals surface area contributed by atoms with E-state index >= 15 is 0 Å². The standard InChI is InChI=1S/C12H12BrF2NO2/c1-7-6-16(4-5-18-7)12(17)10-8(14)2-3-9(15)11(10)13/h2-3,7H,4-6H2,1H3. The molecule has 1 atom stereocenters. The summed E-state index contributed by atoms with van der Waals surface area (Å²) in [5.74, 6) is -1.90. The molecular formula is C12H12BrF2NO2. The summed E-state index contributed by atoms with van der Waals surface area (Å²) in [5, 5.41) is 0. The van der Waals surface area contributed by atoms with Crippen LogP contribution in [0.15, 0.2) is 16.6 Å². The second kappa shape index (κ2) is 5.32. The fourth-order valence-corrected chi connectivity index (χ4v) is 2.38. The molecule has 1 aromatic carbocycles. The van der Waals surface area contributed by atoms with Gasteiger partial charge in [-0.25, -0.2) is 8.78 Å². The number of nitrogens with zero attached hydrogens (tertiary/aromatic N) is 1. The maximum absolute atomic E-state index is 13.7. The average molecular weight is 320 g/mol. The van der Waals surface area contributed by atoms with Crippen LogP contribution in [-0.2, 0) is 4.74 Å². The number of carbonyl (C=O) groups excluding carboxylic acids is 1. The minimum atomic E-state index is -0.729. The molecule has 1 saturated heterocycles. The van der Waals surface area contributed by atoms with Gasteiger partial charge in [-0.3, -0.25) is 4.79 Å². The summed E-state index contributed by atoms with van der Waals surface area (Å²) in [6.45, 7) is 2.99. The van der Waals surface area contributed by atoms with Crippen LogP contribution in [0.5, 0.6) is 0 Å². The lowest BCUT2D eigenvalue weighted by atomic mass is 10.1. The third-order valence-electron chi connectivity index (χ3n) is 2.79. The fraction of sp³-hybridized carbons (Fsp3) is 0.417. The van der Waals surface area contributed by atoms with Crippen molar-refractivity contribution in [2.75, 3.05) is 19.7 Å². The second-order valence-corrected chi connectivity index (χ2v) is 4.94. The Kier molecular flexibility index (Phi) is 3.97. The molecule has 6 heteroatoms. The first-order chi connectivity index (χ1) is 8.50. The van der Waals surface area contributed by atoms with Crippen LogP contribution in [-0.4, -0.2) is 36.6 Å². The molecule has 0 bridgehead atoms. The Morgan fingerprint density at radius 2 is 2.11 bits per heavy atom. The van der Waals surface area contributed by atoms with E-state index < -0.39 is 17.5 Å². The summed E-state index contributed by atoms with van der Waals surface area (Å²) in [6.07, 6.45) is -0.0990. The van der Waals surface area contributed by atoms with E-state index in [-0.39, 0.29) is 16.1 Å². The zero-order valence-corrected chi connectivity index (χ0v) is 11.3. The van der Waals surface area contributed by atoms with Crippen molar-refractivity contribution in [3.63, 3.8) is 0 Å². The summed E-state index contributed by atoms with van der Waals surface area (Å²) in [7, 11) is 0. The molecule has 98 valence electrons. The van der Waals surface area contributed by atoms with Crippen molar-refractivity contribution >= 4 is 21.8 Å². The smallest absolute Gasteiger partial charge is 0.258 e. The molecule has 0 N–H and O–H groups in total. The molecule has 1 aliphatic rings. The van der Waals surface area contributed by atoms with Crippen molar-refractivity contribution in [3.05, 3.63) is 33.8 Å². The van der Waals surface area contributed by atoms with Gasteiger partial charge in [-0.05, 0) is 35.0 Å². The van der Waals surface area contributed by atoms with Gasteiger partial charge >= 0.3 is 0 Å². The zero-order valence-electron chi connectivity index (χ0n) is 9.75. The molecule has 1 heterocycles. The Bertz CT molecular complexity index is 481. The Labute approximate surface area is 112 Å². The Morgan fingerprint density at radius 3 is 2.78 bits per heavy atom. The van der Waals surface area contributed by atoms with Crippen LogP contribution in [0.2, 0.25) is 0 Å². The van der Waals surface area contributed by atoms with Crippen LogP contribution in [0.4, 0.5) is 8.78 Å². The van der Waals surface area contributed by atoms with Gasteiger partial charge in [0.25, 0.3) is 5.91 Å². The van der Waals surface area contributed by atoms with E-state index in [0.29, 0.717) is 19.7 Å². The normalized spacial score (nSPS) is 20.0. The summed E-state index contributed by atoms with van der Waals surface area (Å²) < 4.78 is 32.2. The van der Waals surface area contributed by atoms with Gasteiger partial charge in [0.1, 0.15) is 11.6 Å². The molecule has 0 radical (unpaired) electrons. The number of halogens is 3. The van der Waals surface area contributed by atoms with E-state index in [1.807, 2.05) is 6.92 Å². The minimum Gasteiger partial charge on any atom is -0.375 e. The minimum absolute atomic E-state index is 0.0990. The molecule has 18 heavy (non-hydrogen) atoms. The molecule has 1 unspecified atom stereocenters. The first kappa shape index (κ1) is 13.4. The van der Waals surface area contributed by atoms with Crippen molar-refractivity contribution in [2.45, 2.75) is 13.0 Å². The topological polar surface area (TPSA) is 29.5 Å². The monoisotopic (exact) mass is 319 g/mol. The van der Waals surface area contributed by atoms with Gasteiger partial charge in [-0.15, -0.1) is 0 Å². The number of benzene rings is 1. The molecule has 0 aliphatic carbocycles. The SMILES string of the molecule is CC1CN(C(=O)c2c(F)ccc(F)c2Br)CCO1. The highest BCUT2D eigenvalue weighted by Gasteiger charge is 2.27. The van der Waals surface area contributed by atoms with Gasteiger partial charge in [0.2, 0.25) is 0 Å². The van der Waals surface area contributed by atoms with Crippen LogP contribution in [0, 0.1) is 11.6 Å². The lowest BCUT2D eigenvalue weighted by Gasteiger charge is -2.31. The molecule has 1 aromatic rings. The number of hydrogen-bond donors (Lipinski definition) is 0. The van der Waals surface area contributed by atoms with Crippen molar-refractivity contribution in [3.8, 4) is 0 Å². The van der Waals surface area contributed by atoms with Crippen LogP contribution in [0.1, 0.15) is 17.3 Å². The van der Waals surface area contributed by atoms with Crippen molar-refractivity contribution < 1.29 is 18.3 Å². The van der Waals surface area contributed by atoms with Crippen LogP contribution in [0.3, 0.4) is 0 Å². The number of carbonyl (C=O) groups is 1. The quantitative estimate of drug-likeness (QED) is 0.745. The van der Waals surface area contributed by atoms with E-state index in [1.54, 1.807) is 0 Å². The molecule has 1 fully saturated rings. The second-order valence-electron chi connectivity index (χ2n) is 4.15. The maximum atomic E-state index is 13.7. The molecule has 1 aliphatic heterocycles. The summed E-state index contributed by atoms with van der Waals surface area (Å²) in [6, 6.07) is 1.94. The summed E-state index contributed by atoms with van der Waals surface area (Å²) in [4.78, 5) is 13.6. The molecule has 0 spiro atoms. The number of ether oxygens (including phenoxy) is 1. The fourth-order valence-electron chi connectivity index (χ4n) is 1.88. The Hall–Kier alpha value is -1.01.